The van der Waals surface area contributed by atoms with Gasteiger partial charge in [0.25, 0.3) is 0 Å². The maximum atomic E-state index is 12.5. The van der Waals surface area contributed by atoms with Crippen molar-refractivity contribution in [1.82, 2.24) is 19.6 Å². The fourth-order valence-electron chi connectivity index (χ4n) is 3.76. The van der Waals surface area contributed by atoms with Gasteiger partial charge in [-0.05, 0) is 32.9 Å². The zero-order chi connectivity index (χ0) is 20.1. The third-order valence-corrected chi connectivity index (χ3v) is 5.11. The predicted octanol–water partition coefficient (Wildman–Crippen LogP) is 4.08. The molecule has 1 unspecified atom stereocenters. The van der Waals surface area contributed by atoms with Crippen LogP contribution in [0.4, 0.5) is 0 Å². The maximum absolute atomic E-state index is 12.5. The zero-order valence-corrected chi connectivity index (χ0v) is 16.2. The molecule has 0 spiro atoms. The van der Waals surface area contributed by atoms with Crippen LogP contribution >= 0.6 is 0 Å². The van der Waals surface area contributed by atoms with Gasteiger partial charge in [0.05, 0.1) is 17.7 Å². The molecule has 1 aliphatic heterocycles. The Labute approximate surface area is 166 Å². The van der Waals surface area contributed by atoms with Crippen LogP contribution in [0.2, 0.25) is 0 Å². The van der Waals surface area contributed by atoms with Gasteiger partial charge in [-0.2, -0.15) is 0 Å². The van der Waals surface area contributed by atoms with E-state index in [1.54, 1.807) is 30.1 Å². The summed E-state index contributed by atoms with van der Waals surface area (Å²) in [6.45, 7) is 5.33. The van der Waals surface area contributed by atoms with Crippen LogP contribution in [0.15, 0.2) is 64.7 Å². The summed E-state index contributed by atoms with van der Waals surface area (Å²) < 4.78 is 13.2. The molecule has 7 nitrogen and oxygen atoms in total. The standard InChI is InChI=1S/C22H18N4O3/c1-12-6-8-15(9-7-12)20-24-21-19-18(16-5-4-10-28-16)17(13(2)27)14(3)29-22(19)23-11-26(21)25-20/h4-11,18H,1-3H3. The molecule has 3 aromatic heterocycles. The van der Waals surface area contributed by atoms with Crippen molar-refractivity contribution in [3.63, 3.8) is 0 Å². The maximum Gasteiger partial charge on any atom is 0.228 e. The fraction of sp³-hybridized carbons (Fsp3) is 0.182. The van der Waals surface area contributed by atoms with Crippen LogP contribution in [-0.4, -0.2) is 25.4 Å². The van der Waals surface area contributed by atoms with E-state index in [4.69, 9.17) is 14.1 Å². The fourth-order valence-corrected chi connectivity index (χ4v) is 3.76. The quantitative estimate of drug-likeness (QED) is 0.528. The monoisotopic (exact) mass is 386 g/mol. The molecule has 1 aliphatic rings. The van der Waals surface area contributed by atoms with Crippen molar-refractivity contribution < 1.29 is 13.9 Å². The van der Waals surface area contributed by atoms with E-state index in [2.05, 4.69) is 10.1 Å². The zero-order valence-electron chi connectivity index (χ0n) is 16.2. The van der Waals surface area contributed by atoms with Crippen LogP contribution in [0.25, 0.3) is 17.0 Å². The number of aryl methyl sites for hydroxylation is 1. The van der Waals surface area contributed by atoms with Crippen molar-refractivity contribution in [3.8, 4) is 17.3 Å². The SMILES string of the molecule is CC(=O)C1=C(C)Oc2ncn3nc(-c4ccc(C)cc4)nc3c2C1c1ccco1. The minimum atomic E-state index is -0.461. The molecule has 29 heavy (non-hydrogen) atoms. The molecule has 0 fully saturated rings. The summed E-state index contributed by atoms with van der Waals surface area (Å²) in [5.41, 5.74) is 3.84. The predicted molar refractivity (Wildman–Crippen MR) is 106 cm³/mol. The second-order valence-corrected chi connectivity index (χ2v) is 7.11. The highest BCUT2D eigenvalue weighted by atomic mass is 16.5. The molecule has 0 saturated carbocycles. The van der Waals surface area contributed by atoms with Crippen LogP contribution in [0.3, 0.4) is 0 Å². The van der Waals surface area contributed by atoms with Crippen LogP contribution in [0.1, 0.15) is 36.7 Å². The topological polar surface area (TPSA) is 82.5 Å². The molecule has 7 heteroatoms. The van der Waals surface area contributed by atoms with Crippen molar-refractivity contribution in [3.05, 3.63) is 77.2 Å². The van der Waals surface area contributed by atoms with E-state index in [9.17, 15) is 4.79 Å². The first kappa shape index (κ1) is 17.4. The van der Waals surface area contributed by atoms with Crippen molar-refractivity contribution >= 4 is 11.4 Å². The summed E-state index contributed by atoms with van der Waals surface area (Å²) in [5, 5.41) is 4.58. The van der Waals surface area contributed by atoms with E-state index < -0.39 is 5.92 Å². The lowest BCUT2D eigenvalue weighted by Gasteiger charge is -2.26. The van der Waals surface area contributed by atoms with Gasteiger partial charge >= 0.3 is 0 Å². The van der Waals surface area contributed by atoms with Crippen molar-refractivity contribution in [1.29, 1.82) is 0 Å². The normalized spacial score (nSPS) is 16.0. The molecule has 5 rings (SSSR count). The molecule has 0 saturated heterocycles. The summed E-state index contributed by atoms with van der Waals surface area (Å²) in [4.78, 5) is 21.7. The number of ketones is 1. The number of hydrogen-bond donors (Lipinski definition) is 0. The Morgan fingerprint density at radius 3 is 2.62 bits per heavy atom. The molecule has 0 radical (unpaired) electrons. The Morgan fingerprint density at radius 1 is 1.14 bits per heavy atom. The number of nitrogens with zero attached hydrogens (tertiary/aromatic N) is 4. The average Bonchev–Trinajstić information content (AvgIpc) is 3.37. The highest BCUT2D eigenvalue weighted by Gasteiger charge is 2.37. The Hall–Kier alpha value is -3.74. The third-order valence-electron chi connectivity index (χ3n) is 5.11. The number of aromatic nitrogens is 4. The summed E-state index contributed by atoms with van der Waals surface area (Å²) in [6.07, 6.45) is 3.16. The molecule has 1 atom stereocenters. The first-order valence-electron chi connectivity index (χ1n) is 9.28. The minimum Gasteiger partial charge on any atom is -0.468 e. The van der Waals surface area contributed by atoms with Gasteiger partial charge in [0.2, 0.25) is 5.88 Å². The minimum absolute atomic E-state index is 0.0881. The van der Waals surface area contributed by atoms with Gasteiger partial charge in [0.15, 0.2) is 17.3 Å². The van der Waals surface area contributed by atoms with Gasteiger partial charge in [0, 0.05) is 11.1 Å². The van der Waals surface area contributed by atoms with Gasteiger partial charge in [0.1, 0.15) is 17.8 Å². The lowest BCUT2D eigenvalue weighted by atomic mass is 9.85. The van der Waals surface area contributed by atoms with Crippen molar-refractivity contribution in [2.75, 3.05) is 0 Å². The third kappa shape index (κ3) is 2.74. The molecular formula is C22H18N4O3. The number of allylic oxidation sites excluding steroid dienone is 2. The summed E-state index contributed by atoms with van der Waals surface area (Å²) >= 11 is 0. The number of fused-ring (bicyclic) bond motifs is 3. The van der Waals surface area contributed by atoms with Gasteiger partial charge in [-0.15, -0.1) is 5.10 Å². The van der Waals surface area contributed by atoms with Gasteiger partial charge in [-0.25, -0.2) is 14.5 Å². The molecule has 1 aromatic carbocycles. The first-order chi connectivity index (χ1) is 14.0. The van der Waals surface area contributed by atoms with Crippen LogP contribution in [0.5, 0.6) is 5.88 Å². The van der Waals surface area contributed by atoms with Crippen LogP contribution < -0.4 is 4.74 Å². The second-order valence-electron chi connectivity index (χ2n) is 7.11. The van der Waals surface area contributed by atoms with Gasteiger partial charge in [-0.1, -0.05) is 29.8 Å². The summed E-state index contributed by atoms with van der Waals surface area (Å²) in [5.74, 6) is 1.58. The smallest absolute Gasteiger partial charge is 0.228 e. The lowest BCUT2D eigenvalue weighted by Crippen LogP contribution is -2.21. The number of benzene rings is 1. The molecular weight excluding hydrogens is 368 g/mol. The highest BCUT2D eigenvalue weighted by molar-refractivity contribution is 5.97. The Kier molecular flexibility index (Phi) is 3.84. The molecule has 0 aliphatic carbocycles. The Balaban J connectivity index is 1.76. The van der Waals surface area contributed by atoms with E-state index >= 15 is 0 Å². The Bertz CT molecular complexity index is 1270. The number of carbonyl (C=O) groups is 1. The first-order valence-corrected chi connectivity index (χ1v) is 9.28. The van der Waals surface area contributed by atoms with E-state index in [0.717, 1.165) is 11.1 Å². The summed E-state index contributed by atoms with van der Waals surface area (Å²) in [6, 6.07) is 11.6. The van der Waals surface area contributed by atoms with E-state index in [1.807, 2.05) is 37.3 Å². The molecule has 144 valence electrons. The highest BCUT2D eigenvalue weighted by Crippen LogP contribution is 2.44. The van der Waals surface area contributed by atoms with E-state index in [1.165, 1.54) is 6.92 Å². The number of Topliss-reactive ketones (excluding diaryl/α,β-unsaturated/α-hetero) is 1. The van der Waals surface area contributed by atoms with Crippen LogP contribution in [0, 0.1) is 6.92 Å². The summed E-state index contributed by atoms with van der Waals surface area (Å²) in [7, 11) is 0. The Morgan fingerprint density at radius 2 is 1.93 bits per heavy atom. The number of ether oxygens (including phenoxy) is 1. The van der Waals surface area contributed by atoms with E-state index in [0.29, 0.717) is 40.0 Å². The van der Waals surface area contributed by atoms with E-state index in [-0.39, 0.29) is 5.78 Å². The molecule has 0 bridgehead atoms. The average molecular weight is 386 g/mol. The molecule has 0 N–H and O–H groups in total. The number of hydrogen-bond acceptors (Lipinski definition) is 6. The van der Waals surface area contributed by atoms with Crippen molar-refractivity contribution in [2.24, 2.45) is 0 Å². The largest absolute Gasteiger partial charge is 0.468 e. The van der Waals surface area contributed by atoms with Crippen molar-refractivity contribution in [2.45, 2.75) is 26.7 Å². The lowest BCUT2D eigenvalue weighted by molar-refractivity contribution is -0.114. The second kappa shape index (κ2) is 6.41. The number of carbonyl (C=O) groups excluding carboxylic acids is 1. The van der Waals surface area contributed by atoms with Crippen LogP contribution in [-0.2, 0) is 4.79 Å². The number of rotatable bonds is 3. The van der Waals surface area contributed by atoms with Gasteiger partial charge < -0.3 is 9.15 Å². The molecule has 4 aromatic rings. The number of furan rings is 1. The molecule has 4 heterocycles. The van der Waals surface area contributed by atoms with Gasteiger partial charge in [-0.3, -0.25) is 4.79 Å². The molecule has 0 amide bonds.